The zero-order valence-electron chi connectivity index (χ0n) is 11.1. The number of ether oxygens (including phenoxy) is 1. The summed E-state index contributed by atoms with van der Waals surface area (Å²) in [4.78, 5) is 25.7. The van der Waals surface area contributed by atoms with Crippen LogP contribution in [0.1, 0.15) is 20.3 Å². The quantitative estimate of drug-likeness (QED) is 0.782. The summed E-state index contributed by atoms with van der Waals surface area (Å²) in [5.74, 6) is 0.425. The number of nitrogens with zero attached hydrogens (tertiary/aromatic N) is 1. The van der Waals surface area contributed by atoms with E-state index < -0.39 is 0 Å². The SMILES string of the molecule is CC(C)CNC(=O)C1CC1C(=O)N1CCOCC1. The minimum absolute atomic E-state index is 0.0373. The Kier molecular flexibility index (Phi) is 4.22. The van der Waals surface area contributed by atoms with Crippen molar-refractivity contribution < 1.29 is 14.3 Å². The first-order valence-corrected chi connectivity index (χ1v) is 6.74. The van der Waals surface area contributed by atoms with Gasteiger partial charge < -0.3 is 15.0 Å². The molecule has 2 fully saturated rings. The van der Waals surface area contributed by atoms with Crippen LogP contribution >= 0.6 is 0 Å². The molecule has 5 nitrogen and oxygen atoms in total. The lowest BCUT2D eigenvalue weighted by Gasteiger charge is -2.27. The summed E-state index contributed by atoms with van der Waals surface area (Å²) in [5.41, 5.74) is 0. The number of hydrogen-bond acceptors (Lipinski definition) is 3. The van der Waals surface area contributed by atoms with Crippen molar-refractivity contribution in [3.8, 4) is 0 Å². The van der Waals surface area contributed by atoms with Crippen molar-refractivity contribution in [3.63, 3.8) is 0 Å². The normalized spacial score (nSPS) is 27.2. The molecule has 2 unspecified atom stereocenters. The Morgan fingerprint density at radius 3 is 2.56 bits per heavy atom. The van der Waals surface area contributed by atoms with Crippen molar-refractivity contribution >= 4 is 11.8 Å². The van der Waals surface area contributed by atoms with Gasteiger partial charge in [-0.3, -0.25) is 9.59 Å². The van der Waals surface area contributed by atoms with E-state index in [-0.39, 0.29) is 23.7 Å². The van der Waals surface area contributed by atoms with Crippen LogP contribution in [0.15, 0.2) is 0 Å². The zero-order valence-corrected chi connectivity index (χ0v) is 11.1. The van der Waals surface area contributed by atoms with Gasteiger partial charge in [-0.1, -0.05) is 13.8 Å². The molecule has 102 valence electrons. The van der Waals surface area contributed by atoms with Gasteiger partial charge in [0.05, 0.1) is 25.0 Å². The van der Waals surface area contributed by atoms with Crippen LogP contribution in [-0.4, -0.2) is 49.6 Å². The van der Waals surface area contributed by atoms with E-state index in [1.807, 2.05) is 4.90 Å². The van der Waals surface area contributed by atoms with Gasteiger partial charge in [-0.15, -0.1) is 0 Å². The topological polar surface area (TPSA) is 58.6 Å². The Labute approximate surface area is 108 Å². The third-order valence-corrected chi connectivity index (χ3v) is 3.45. The second-order valence-corrected chi connectivity index (χ2v) is 5.53. The van der Waals surface area contributed by atoms with E-state index in [2.05, 4.69) is 19.2 Å². The highest BCUT2D eigenvalue weighted by atomic mass is 16.5. The van der Waals surface area contributed by atoms with Crippen molar-refractivity contribution in [1.82, 2.24) is 10.2 Å². The fraction of sp³-hybridized carbons (Fsp3) is 0.846. The Morgan fingerprint density at radius 2 is 1.94 bits per heavy atom. The van der Waals surface area contributed by atoms with Crippen LogP contribution in [-0.2, 0) is 14.3 Å². The fourth-order valence-electron chi connectivity index (χ4n) is 2.21. The van der Waals surface area contributed by atoms with Gasteiger partial charge in [0, 0.05) is 19.6 Å². The maximum absolute atomic E-state index is 12.1. The molecule has 2 rings (SSSR count). The summed E-state index contributed by atoms with van der Waals surface area (Å²) in [7, 11) is 0. The van der Waals surface area contributed by atoms with Crippen LogP contribution in [0.2, 0.25) is 0 Å². The Morgan fingerprint density at radius 1 is 1.28 bits per heavy atom. The van der Waals surface area contributed by atoms with E-state index in [0.29, 0.717) is 45.2 Å². The number of rotatable bonds is 4. The molecule has 2 amide bonds. The lowest BCUT2D eigenvalue weighted by molar-refractivity contribution is -0.138. The van der Waals surface area contributed by atoms with Crippen LogP contribution in [0.5, 0.6) is 0 Å². The second kappa shape index (κ2) is 5.69. The molecule has 0 radical (unpaired) electrons. The molecule has 5 heteroatoms. The van der Waals surface area contributed by atoms with Crippen LogP contribution in [0.25, 0.3) is 0 Å². The highest BCUT2D eigenvalue weighted by Crippen LogP contribution is 2.40. The summed E-state index contributed by atoms with van der Waals surface area (Å²) < 4.78 is 5.22. The average molecular weight is 254 g/mol. The third-order valence-electron chi connectivity index (χ3n) is 3.45. The summed E-state index contributed by atoms with van der Waals surface area (Å²) in [6.07, 6.45) is 0.708. The molecule has 0 spiro atoms. The predicted molar refractivity (Wildman–Crippen MR) is 66.8 cm³/mol. The van der Waals surface area contributed by atoms with Gasteiger partial charge in [0.2, 0.25) is 11.8 Å². The minimum atomic E-state index is -0.0981. The molecular formula is C13H22N2O3. The largest absolute Gasteiger partial charge is 0.378 e. The summed E-state index contributed by atoms with van der Waals surface area (Å²) in [5, 5.41) is 2.90. The first-order chi connectivity index (χ1) is 8.59. The van der Waals surface area contributed by atoms with Crippen LogP contribution < -0.4 is 5.32 Å². The van der Waals surface area contributed by atoms with Crippen molar-refractivity contribution in [2.75, 3.05) is 32.8 Å². The molecule has 1 heterocycles. The van der Waals surface area contributed by atoms with E-state index in [4.69, 9.17) is 4.74 Å². The van der Waals surface area contributed by atoms with Gasteiger partial charge in [-0.25, -0.2) is 0 Å². The zero-order chi connectivity index (χ0) is 13.1. The number of nitrogens with one attached hydrogen (secondary N) is 1. The highest BCUT2D eigenvalue weighted by Gasteiger charge is 2.49. The molecule has 1 N–H and O–H groups in total. The first kappa shape index (κ1) is 13.3. The van der Waals surface area contributed by atoms with E-state index >= 15 is 0 Å². The van der Waals surface area contributed by atoms with Gasteiger partial charge >= 0.3 is 0 Å². The van der Waals surface area contributed by atoms with E-state index in [1.165, 1.54) is 0 Å². The molecule has 1 saturated carbocycles. The minimum Gasteiger partial charge on any atom is -0.378 e. The first-order valence-electron chi connectivity index (χ1n) is 6.74. The lowest BCUT2D eigenvalue weighted by Crippen LogP contribution is -2.42. The molecule has 1 aliphatic heterocycles. The molecule has 0 aromatic heterocycles. The maximum atomic E-state index is 12.1. The molecule has 0 bridgehead atoms. The van der Waals surface area contributed by atoms with Crippen LogP contribution in [0.4, 0.5) is 0 Å². The lowest BCUT2D eigenvalue weighted by atomic mass is 10.2. The van der Waals surface area contributed by atoms with Gasteiger partial charge in [0.1, 0.15) is 0 Å². The van der Waals surface area contributed by atoms with Crippen LogP contribution in [0.3, 0.4) is 0 Å². The molecule has 2 aliphatic rings. The number of morpholine rings is 1. The molecule has 1 saturated heterocycles. The molecule has 1 aliphatic carbocycles. The summed E-state index contributed by atoms with van der Waals surface area (Å²) >= 11 is 0. The predicted octanol–water partition coefficient (Wildman–Crippen LogP) is 0.254. The van der Waals surface area contributed by atoms with Crippen molar-refractivity contribution in [1.29, 1.82) is 0 Å². The fourth-order valence-corrected chi connectivity index (χ4v) is 2.21. The van der Waals surface area contributed by atoms with E-state index in [1.54, 1.807) is 0 Å². The van der Waals surface area contributed by atoms with Gasteiger partial charge in [0.25, 0.3) is 0 Å². The monoisotopic (exact) mass is 254 g/mol. The molecule has 0 aromatic carbocycles. The Hall–Kier alpha value is -1.10. The average Bonchev–Trinajstić information content (AvgIpc) is 3.16. The van der Waals surface area contributed by atoms with Crippen molar-refractivity contribution in [2.24, 2.45) is 17.8 Å². The number of amides is 2. The summed E-state index contributed by atoms with van der Waals surface area (Å²) in [6, 6.07) is 0. The third kappa shape index (κ3) is 3.22. The molecular weight excluding hydrogens is 232 g/mol. The van der Waals surface area contributed by atoms with E-state index in [0.717, 1.165) is 0 Å². The van der Waals surface area contributed by atoms with Gasteiger partial charge in [-0.05, 0) is 12.3 Å². The van der Waals surface area contributed by atoms with Crippen molar-refractivity contribution in [2.45, 2.75) is 20.3 Å². The number of carbonyl (C=O) groups excluding carboxylic acids is 2. The van der Waals surface area contributed by atoms with E-state index in [9.17, 15) is 9.59 Å². The van der Waals surface area contributed by atoms with Gasteiger partial charge in [0.15, 0.2) is 0 Å². The molecule has 18 heavy (non-hydrogen) atoms. The van der Waals surface area contributed by atoms with Crippen molar-refractivity contribution in [3.05, 3.63) is 0 Å². The summed E-state index contributed by atoms with van der Waals surface area (Å²) in [6.45, 7) is 7.36. The highest BCUT2D eigenvalue weighted by molar-refractivity contribution is 5.92. The van der Waals surface area contributed by atoms with Gasteiger partial charge in [-0.2, -0.15) is 0 Å². The Bertz CT molecular complexity index is 324. The number of carbonyl (C=O) groups is 2. The number of hydrogen-bond donors (Lipinski definition) is 1. The standard InChI is InChI=1S/C13H22N2O3/c1-9(2)8-14-12(16)10-7-11(10)13(17)15-3-5-18-6-4-15/h9-11H,3-8H2,1-2H3,(H,14,16). The second-order valence-electron chi connectivity index (χ2n) is 5.53. The maximum Gasteiger partial charge on any atom is 0.226 e. The smallest absolute Gasteiger partial charge is 0.226 e. The molecule has 2 atom stereocenters. The molecule has 0 aromatic rings. The Balaban J connectivity index is 1.75. The van der Waals surface area contributed by atoms with Crippen LogP contribution in [0, 0.1) is 17.8 Å².